The summed E-state index contributed by atoms with van der Waals surface area (Å²) >= 11 is 0. The zero-order valence-corrected chi connectivity index (χ0v) is 15.0. The fraction of sp³-hybridized carbons (Fsp3) is 1.00. The van der Waals surface area contributed by atoms with Gasteiger partial charge in [-0.15, -0.1) is 0 Å². The van der Waals surface area contributed by atoms with E-state index in [9.17, 15) is 5.11 Å². The molecule has 4 atom stereocenters. The van der Waals surface area contributed by atoms with Crippen molar-refractivity contribution in [3.8, 4) is 0 Å². The Bertz CT molecular complexity index is 316. The third kappa shape index (κ3) is 5.48. The van der Waals surface area contributed by atoms with Crippen LogP contribution in [0.4, 0.5) is 0 Å². The second-order valence-electron chi connectivity index (χ2n) is 7.96. The lowest BCUT2D eigenvalue weighted by Gasteiger charge is -2.38. The molecule has 0 bridgehead atoms. The first-order valence-electron chi connectivity index (χ1n) is 9.16. The number of ether oxygens (including phenoxy) is 1. The zero-order chi connectivity index (χ0) is 16.1. The molecule has 0 aromatic rings. The highest BCUT2D eigenvalue weighted by Crippen LogP contribution is 2.35. The molecule has 0 aromatic heterocycles. The number of piperazine rings is 1. The first kappa shape index (κ1) is 18.2. The van der Waals surface area contributed by atoms with Crippen LogP contribution in [0.2, 0.25) is 0 Å². The van der Waals surface area contributed by atoms with E-state index in [1.807, 2.05) is 0 Å². The average Bonchev–Trinajstić information content (AvgIpc) is 2.47. The molecule has 0 radical (unpaired) electrons. The summed E-state index contributed by atoms with van der Waals surface area (Å²) < 4.78 is 6.16. The lowest BCUT2D eigenvalue weighted by atomic mass is 9.75. The van der Waals surface area contributed by atoms with Crippen molar-refractivity contribution in [3.05, 3.63) is 0 Å². The van der Waals surface area contributed by atoms with Crippen LogP contribution in [0.25, 0.3) is 0 Å². The highest BCUT2D eigenvalue weighted by molar-refractivity contribution is 4.82. The van der Waals surface area contributed by atoms with Crippen molar-refractivity contribution in [2.45, 2.75) is 52.2 Å². The number of nitrogens with zero attached hydrogens (tertiary/aromatic N) is 2. The Hall–Kier alpha value is -0.160. The maximum absolute atomic E-state index is 10.3. The number of β-amino-alcohol motifs (C(OH)–C–C–N with tert-alkyl or cyclic N) is 1. The summed E-state index contributed by atoms with van der Waals surface area (Å²) in [6.07, 6.45) is 3.74. The molecule has 130 valence electrons. The van der Waals surface area contributed by atoms with Crippen molar-refractivity contribution >= 4 is 0 Å². The quantitative estimate of drug-likeness (QED) is 0.814. The average molecular weight is 312 g/mol. The van der Waals surface area contributed by atoms with Crippen molar-refractivity contribution in [3.63, 3.8) is 0 Å². The molecule has 4 nitrogen and oxygen atoms in total. The molecule has 22 heavy (non-hydrogen) atoms. The molecule has 1 aliphatic heterocycles. The minimum Gasteiger partial charge on any atom is -0.389 e. The van der Waals surface area contributed by atoms with Crippen LogP contribution in [0.1, 0.15) is 40.0 Å². The SMILES string of the molecule is CC(C)[C@H]1CC[C@H](C)C[C@H]1OC[C@H](O)CN1CCN(C)CC1. The van der Waals surface area contributed by atoms with Gasteiger partial charge in [0.15, 0.2) is 0 Å². The summed E-state index contributed by atoms with van der Waals surface area (Å²) in [7, 11) is 2.16. The van der Waals surface area contributed by atoms with E-state index in [0.29, 0.717) is 24.5 Å². The van der Waals surface area contributed by atoms with Crippen molar-refractivity contribution in [1.82, 2.24) is 9.80 Å². The van der Waals surface area contributed by atoms with E-state index in [1.165, 1.54) is 12.8 Å². The molecule has 0 unspecified atom stereocenters. The van der Waals surface area contributed by atoms with Crippen molar-refractivity contribution in [2.24, 2.45) is 17.8 Å². The summed E-state index contributed by atoms with van der Waals surface area (Å²) in [5.41, 5.74) is 0. The molecule has 1 aliphatic carbocycles. The molecule has 0 aromatic carbocycles. The molecule has 2 fully saturated rings. The molecule has 0 spiro atoms. The van der Waals surface area contributed by atoms with Gasteiger partial charge in [0.2, 0.25) is 0 Å². The molecular weight excluding hydrogens is 276 g/mol. The molecule has 0 amide bonds. The summed E-state index contributed by atoms with van der Waals surface area (Å²) in [6.45, 7) is 12.5. The van der Waals surface area contributed by atoms with Crippen molar-refractivity contribution in [1.29, 1.82) is 0 Å². The van der Waals surface area contributed by atoms with Crippen LogP contribution in [0.3, 0.4) is 0 Å². The Labute approximate surface area is 136 Å². The molecule has 1 saturated carbocycles. The van der Waals surface area contributed by atoms with Gasteiger partial charge in [-0.25, -0.2) is 0 Å². The Kier molecular flexibility index (Phi) is 7.13. The second kappa shape index (κ2) is 8.62. The number of likely N-dealkylation sites (N-methyl/N-ethyl adjacent to an activating group) is 1. The second-order valence-corrected chi connectivity index (χ2v) is 7.96. The predicted octanol–water partition coefficient (Wildman–Crippen LogP) is 2.07. The van der Waals surface area contributed by atoms with Gasteiger partial charge < -0.3 is 14.7 Å². The van der Waals surface area contributed by atoms with E-state index in [1.54, 1.807) is 0 Å². The summed E-state index contributed by atoms with van der Waals surface area (Å²) in [4.78, 5) is 4.70. The van der Waals surface area contributed by atoms with Crippen LogP contribution < -0.4 is 0 Å². The van der Waals surface area contributed by atoms with Gasteiger partial charge in [0.05, 0.1) is 18.8 Å². The molecule has 2 aliphatic rings. The van der Waals surface area contributed by atoms with E-state index in [4.69, 9.17) is 4.74 Å². The minimum absolute atomic E-state index is 0.339. The Balaban J connectivity index is 1.73. The fourth-order valence-corrected chi connectivity index (χ4v) is 3.92. The van der Waals surface area contributed by atoms with Gasteiger partial charge in [-0.05, 0) is 37.6 Å². The van der Waals surface area contributed by atoms with E-state index in [-0.39, 0.29) is 6.10 Å². The van der Waals surface area contributed by atoms with E-state index < -0.39 is 0 Å². The van der Waals surface area contributed by atoms with Gasteiger partial charge in [-0.3, -0.25) is 4.90 Å². The predicted molar refractivity (Wildman–Crippen MR) is 91.0 cm³/mol. The van der Waals surface area contributed by atoms with Crippen LogP contribution in [0.5, 0.6) is 0 Å². The minimum atomic E-state index is -0.353. The summed E-state index contributed by atoms with van der Waals surface area (Å²) in [5.74, 6) is 2.09. The van der Waals surface area contributed by atoms with Gasteiger partial charge in [-0.2, -0.15) is 0 Å². The number of rotatable bonds is 6. The number of hydrogen-bond acceptors (Lipinski definition) is 4. The lowest BCUT2D eigenvalue weighted by molar-refractivity contribution is -0.0751. The molecule has 1 heterocycles. The number of hydrogen-bond donors (Lipinski definition) is 1. The van der Waals surface area contributed by atoms with Crippen LogP contribution >= 0.6 is 0 Å². The normalized spacial score (nSPS) is 33.3. The lowest BCUT2D eigenvalue weighted by Crippen LogP contribution is -2.48. The van der Waals surface area contributed by atoms with Crippen molar-refractivity contribution < 1.29 is 9.84 Å². The van der Waals surface area contributed by atoms with Crippen molar-refractivity contribution in [2.75, 3.05) is 46.4 Å². The molecule has 1 saturated heterocycles. The van der Waals surface area contributed by atoms with Crippen LogP contribution in [0, 0.1) is 17.8 Å². The topological polar surface area (TPSA) is 35.9 Å². The molecule has 2 rings (SSSR count). The maximum Gasteiger partial charge on any atom is 0.0900 e. The molecular formula is C18H36N2O2. The molecule has 4 heteroatoms. The van der Waals surface area contributed by atoms with E-state index in [0.717, 1.165) is 45.1 Å². The van der Waals surface area contributed by atoms with Gasteiger partial charge >= 0.3 is 0 Å². The first-order valence-corrected chi connectivity index (χ1v) is 9.16. The Morgan fingerprint density at radius 2 is 1.82 bits per heavy atom. The standard InChI is InChI=1S/C18H36N2O2/c1-14(2)17-6-5-15(3)11-18(17)22-13-16(21)12-20-9-7-19(4)8-10-20/h14-18,21H,5-13H2,1-4H3/t15-,16+,17+,18+/m0/s1. The fourth-order valence-electron chi connectivity index (χ4n) is 3.92. The van der Waals surface area contributed by atoms with Gasteiger partial charge in [0.1, 0.15) is 0 Å². The molecule has 1 N–H and O–H groups in total. The number of aliphatic hydroxyl groups is 1. The smallest absolute Gasteiger partial charge is 0.0900 e. The van der Waals surface area contributed by atoms with E-state index in [2.05, 4.69) is 37.6 Å². The van der Waals surface area contributed by atoms with E-state index >= 15 is 0 Å². The van der Waals surface area contributed by atoms with Crippen LogP contribution in [0.15, 0.2) is 0 Å². The third-order valence-electron chi connectivity index (χ3n) is 5.53. The van der Waals surface area contributed by atoms with Gasteiger partial charge in [0, 0.05) is 32.7 Å². The Morgan fingerprint density at radius 1 is 1.14 bits per heavy atom. The maximum atomic E-state index is 10.3. The van der Waals surface area contributed by atoms with Crippen LogP contribution in [-0.4, -0.2) is 73.5 Å². The van der Waals surface area contributed by atoms with Gasteiger partial charge in [-0.1, -0.05) is 27.2 Å². The zero-order valence-electron chi connectivity index (χ0n) is 15.0. The monoisotopic (exact) mass is 312 g/mol. The Morgan fingerprint density at radius 3 is 2.45 bits per heavy atom. The number of aliphatic hydroxyl groups excluding tert-OH is 1. The summed E-state index contributed by atoms with van der Waals surface area (Å²) in [5, 5.41) is 10.3. The summed E-state index contributed by atoms with van der Waals surface area (Å²) in [6, 6.07) is 0. The highest BCUT2D eigenvalue weighted by Gasteiger charge is 2.31. The van der Waals surface area contributed by atoms with Crippen LogP contribution in [-0.2, 0) is 4.74 Å². The largest absolute Gasteiger partial charge is 0.389 e. The highest BCUT2D eigenvalue weighted by atomic mass is 16.5. The van der Waals surface area contributed by atoms with Gasteiger partial charge in [0.25, 0.3) is 0 Å². The third-order valence-corrected chi connectivity index (χ3v) is 5.53. The first-order chi connectivity index (χ1) is 10.5.